The largest absolute Gasteiger partial charge is 0.464 e. The maximum absolute atomic E-state index is 10.7. The molecule has 0 aromatic carbocycles. The molecule has 1 aliphatic heterocycles. The fraction of sp³-hybridized carbons (Fsp3) is 0.500. The zero-order valence-corrected chi connectivity index (χ0v) is 5.70. The molecule has 0 amide bonds. The van der Waals surface area contributed by atoms with Gasteiger partial charge < -0.3 is 4.74 Å². The number of carbonyl (C=O) groups is 1. The highest BCUT2D eigenvalue weighted by molar-refractivity contribution is 6.59. The Morgan fingerprint density at radius 3 is 3.00 bits per heavy atom. The van der Waals surface area contributed by atoms with Crippen molar-refractivity contribution in [2.24, 2.45) is 9.98 Å². The standard InChI is InChI=1S/C6H8N2O2/c1-10-6(9)5-4-7-2-3-8-5/h4H,2-3H2,1H3. The monoisotopic (exact) mass is 140 g/mol. The van der Waals surface area contributed by atoms with Crippen LogP contribution in [0.15, 0.2) is 9.98 Å². The second-order valence-electron chi connectivity index (χ2n) is 1.79. The number of hydrogen-bond acceptors (Lipinski definition) is 4. The van der Waals surface area contributed by atoms with Crippen LogP contribution < -0.4 is 0 Å². The summed E-state index contributed by atoms with van der Waals surface area (Å²) in [5.41, 5.74) is 0.314. The Morgan fingerprint density at radius 1 is 1.70 bits per heavy atom. The molecular weight excluding hydrogens is 132 g/mol. The average molecular weight is 140 g/mol. The van der Waals surface area contributed by atoms with E-state index in [1.54, 1.807) is 0 Å². The number of esters is 1. The Kier molecular flexibility index (Phi) is 2.15. The van der Waals surface area contributed by atoms with Gasteiger partial charge in [-0.05, 0) is 0 Å². The van der Waals surface area contributed by atoms with Crippen LogP contribution in [0.2, 0.25) is 0 Å². The fourth-order valence-electron chi connectivity index (χ4n) is 0.642. The number of aliphatic imine (C=N–C) groups is 2. The van der Waals surface area contributed by atoms with Crippen LogP contribution in [-0.2, 0) is 9.53 Å². The molecular formula is C6H8N2O2. The van der Waals surface area contributed by atoms with Gasteiger partial charge in [0, 0.05) is 0 Å². The van der Waals surface area contributed by atoms with E-state index in [-0.39, 0.29) is 0 Å². The molecule has 1 heterocycles. The fourth-order valence-corrected chi connectivity index (χ4v) is 0.642. The Bertz CT molecular complexity index is 196. The summed E-state index contributed by atoms with van der Waals surface area (Å²) in [5.74, 6) is -0.413. The number of carbonyl (C=O) groups excluding carboxylic acids is 1. The zero-order valence-electron chi connectivity index (χ0n) is 5.70. The maximum Gasteiger partial charge on any atom is 0.357 e. The van der Waals surface area contributed by atoms with Crippen LogP contribution in [0.1, 0.15) is 0 Å². The van der Waals surface area contributed by atoms with Gasteiger partial charge in [0.05, 0.1) is 26.4 Å². The first-order valence-corrected chi connectivity index (χ1v) is 2.97. The molecule has 0 saturated heterocycles. The van der Waals surface area contributed by atoms with Gasteiger partial charge in [-0.2, -0.15) is 0 Å². The Labute approximate surface area is 58.6 Å². The summed E-state index contributed by atoms with van der Waals surface area (Å²) in [6.45, 7) is 1.25. The molecule has 0 radical (unpaired) electrons. The van der Waals surface area contributed by atoms with E-state index in [0.29, 0.717) is 18.8 Å². The van der Waals surface area contributed by atoms with E-state index >= 15 is 0 Å². The SMILES string of the molecule is COC(=O)C1=NCCN=C1. The molecule has 0 aromatic rings. The lowest BCUT2D eigenvalue weighted by Crippen LogP contribution is -2.20. The van der Waals surface area contributed by atoms with Gasteiger partial charge in [-0.15, -0.1) is 0 Å². The number of nitrogens with zero attached hydrogens (tertiary/aromatic N) is 2. The predicted octanol–water partition coefficient (Wildman–Crippen LogP) is -0.315. The molecule has 54 valence electrons. The van der Waals surface area contributed by atoms with Crippen molar-refractivity contribution in [3.8, 4) is 0 Å². The molecule has 0 bridgehead atoms. The average Bonchev–Trinajstić information content (AvgIpc) is 2.05. The lowest BCUT2D eigenvalue weighted by atomic mass is 10.4. The van der Waals surface area contributed by atoms with Crippen LogP contribution in [0, 0.1) is 0 Å². The van der Waals surface area contributed by atoms with Gasteiger partial charge in [-0.25, -0.2) is 4.79 Å². The minimum Gasteiger partial charge on any atom is -0.464 e. The lowest BCUT2D eigenvalue weighted by molar-refractivity contribution is -0.132. The molecule has 0 aliphatic carbocycles. The summed E-state index contributed by atoms with van der Waals surface area (Å²) in [5, 5.41) is 0. The van der Waals surface area contributed by atoms with E-state index in [9.17, 15) is 4.79 Å². The molecule has 0 aromatic heterocycles. The third-order valence-electron chi connectivity index (χ3n) is 1.12. The molecule has 10 heavy (non-hydrogen) atoms. The smallest absolute Gasteiger partial charge is 0.357 e. The van der Waals surface area contributed by atoms with Crippen LogP contribution in [-0.4, -0.2) is 38.1 Å². The molecule has 0 atom stereocenters. The quantitative estimate of drug-likeness (QED) is 0.469. The molecule has 0 unspecified atom stereocenters. The van der Waals surface area contributed by atoms with E-state index in [0.717, 1.165) is 0 Å². The van der Waals surface area contributed by atoms with Gasteiger partial charge >= 0.3 is 5.97 Å². The predicted molar refractivity (Wildman–Crippen MR) is 37.7 cm³/mol. The summed E-state index contributed by atoms with van der Waals surface area (Å²) in [6, 6.07) is 0. The van der Waals surface area contributed by atoms with E-state index < -0.39 is 5.97 Å². The molecule has 0 N–H and O–H groups in total. The molecule has 0 saturated carbocycles. The number of methoxy groups -OCH3 is 1. The molecule has 0 fully saturated rings. The van der Waals surface area contributed by atoms with E-state index in [1.165, 1.54) is 13.3 Å². The van der Waals surface area contributed by atoms with E-state index in [4.69, 9.17) is 0 Å². The van der Waals surface area contributed by atoms with Crippen molar-refractivity contribution in [1.29, 1.82) is 0 Å². The van der Waals surface area contributed by atoms with Crippen LogP contribution in [0.4, 0.5) is 0 Å². The van der Waals surface area contributed by atoms with Crippen LogP contribution in [0.5, 0.6) is 0 Å². The van der Waals surface area contributed by atoms with Gasteiger partial charge in [0.2, 0.25) is 0 Å². The highest BCUT2D eigenvalue weighted by Gasteiger charge is 2.09. The first-order chi connectivity index (χ1) is 4.84. The van der Waals surface area contributed by atoms with Crippen LogP contribution in [0.3, 0.4) is 0 Å². The van der Waals surface area contributed by atoms with Crippen molar-refractivity contribution in [1.82, 2.24) is 0 Å². The third kappa shape index (κ3) is 1.40. The topological polar surface area (TPSA) is 51.0 Å². The maximum atomic E-state index is 10.7. The second-order valence-corrected chi connectivity index (χ2v) is 1.79. The van der Waals surface area contributed by atoms with Crippen molar-refractivity contribution in [3.05, 3.63) is 0 Å². The highest BCUT2D eigenvalue weighted by Crippen LogP contribution is 1.88. The molecule has 4 nitrogen and oxygen atoms in total. The second kappa shape index (κ2) is 3.10. The number of hydrogen-bond donors (Lipinski definition) is 0. The summed E-state index contributed by atoms with van der Waals surface area (Å²) < 4.78 is 4.43. The van der Waals surface area contributed by atoms with Crippen LogP contribution in [0.25, 0.3) is 0 Å². The number of rotatable bonds is 1. The first-order valence-electron chi connectivity index (χ1n) is 2.97. The third-order valence-corrected chi connectivity index (χ3v) is 1.12. The molecule has 1 aliphatic rings. The van der Waals surface area contributed by atoms with Crippen molar-refractivity contribution in [2.75, 3.05) is 20.2 Å². The lowest BCUT2D eigenvalue weighted by Gasteiger charge is -2.01. The van der Waals surface area contributed by atoms with Crippen molar-refractivity contribution in [2.45, 2.75) is 0 Å². The molecule has 4 heteroatoms. The van der Waals surface area contributed by atoms with Gasteiger partial charge in [0.25, 0.3) is 0 Å². The summed E-state index contributed by atoms with van der Waals surface area (Å²) in [4.78, 5) is 18.5. The number of ether oxygens (including phenoxy) is 1. The normalized spacial score (nSPS) is 16.3. The van der Waals surface area contributed by atoms with Gasteiger partial charge in [-0.3, -0.25) is 9.98 Å². The summed E-state index contributed by atoms with van der Waals surface area (Å²) in [7, 11) is 1.33. The van der Waals surface area contributed by atoms with Gasteiger partial charge in [0.1, 0.15) is 0 Å². The summed E-state index contributed by atoms with van der Waals surface area (Å²) in [6.07, 6.45) is 1.44. The zero-order chi connectivity index (χ0) is 7.40. The highest BCUT2D eigenvalue weighted by atomic mass is 16.5. The van der Waals surface area contributed by atoms with Crippen molar-refractivity contribution < 1.29 is 9.53 Å². The van der Waals surface area contributed by atoms with Crippen molar-refractivity contribution in [3.63, 3.8) is 0 Å². The minimum absolute atomic E-state index is 0.314. The minimum atomic E-state index is -0.413. The Hall–Kier alpha value is -1.19. The van der Waals surface area contributed by atoms with Gasteiger partial charge in [0.15, 0.2) is 5.71 Å². The van der Waals surface area contributed by atoms with Crippen molar-refractivity contribution >= 4 is 17.9 Å². The van der Waals surface area contributed by atoms with E-state index in [1.807, 2.05) is 0 Å². The Morgan fingerprint density at radius 2 is 2.50 bits per heavy atom. The Balaban J connectivity index is 2.63. The molecule has 0 spiro atoms. The van der Waals surface area contributed by atoms with Gasteiger partial charge in [-0.1, -0.05) is 0 Å². The first kappa shape index (κ1) is 6.92. The summed E-state index contributed by atoms with van der Waals surface area (Å²) >= 11 is 0. The van der Waals surface area contributed by atoms with Crippen LogP contribution >= 0.6 is 0 Å². The van der Waals surface area contributed by atoms with E-state index in [2.05, 4.69) is 14.7 Å². The molecule has 1 rings (SSSR count).